The number of aromatic nitrogens is 1. The summed E-state index contributed by atoms with van der Waals surface area (Å²) in [6.07, 6.45) is 1.75. The fourth-order valence-corrected chi connectivity index (χ4v) is 1.99. The number of benzene rings is 1. The highest BCUT2D eigenvalue weighted by molar-refractivity contribution is 9.10. The lowest BCUT2D eigenvalue weighted by molar-refractivity contribution is 0.417. The van der Waals surface area contributed by atoms with E-state index in [4.69, 9.17) is 10.5 Å². The summed E-state index contributed by atoms with van der Waals surface area (Å²) in [4.78, 5) is 4.24. The molecule has 1 aromatic heterocycles. The average molecular weight is 308 g/mol. The highest BCUT2D eigenvalue weighted by Crippen LogP contribution is 2.23. The Morgan fingerprint density at radius 3 is 2.89 bits per heavy atom. The van der Waals surface area contributed by atoms with Gasteiger partial charge in [-0.2, -0.15) is 0 Å². The molecule has 2 rings (SSSR count). The first-order chi connectivity index (χ1) is 8.70. The molecule has 0 spiro atoms. The maximum absolute atomic E-state index is 5.85. The predicted molar refractivity (Wildman–Crippen MR) is 76.7 cm³/mol. The number of halogens is 1. The first-order valence-corrected chi connectivity index (χ1v) is 6.27. The van der Waals surface area contributed by atoms with Crippen molar-refractivity contribution in [3.8, 4) is 5.75 Å². The van der Waals surface area contributed by atoms with Gasteiger partial charge in [0.05, 0.1) is 17.3 Å². The van der Waals surface area contributed by atoms with Crippen LogP contribution >= 0.6 is 15.9 Å². The minimum absolute atomic E-state index is 0.636. The molecule has 0 atom stereocenters. The molecule has 5 heteroatoms. The molecule has 0 saturated carbocycles. The molecule has 1 heterocycles. The number of nitrogens with one attached hydrogen (secondary N) is 1. The zero-order chi connectivity index (χ0) is 13.0. The van der Waals surface area contributed by atoms with E-state index >= 15 is 0 Å². The molecular weight excluding hydrogens is 294 g/mol. The monoisotopic (exact) mass is 307 g/mol. The Balaban J connectivity index is 2.07. The van der Waals surface area contributed by atoms with E-state index in [1.165, 1.54) is 0 Å². The van der Waals surface area contributed by atoms with Gasteiger partial charge >= 0.3 is 0 Å². The normalized spacial score (nSPS) is 10.1. The number of methoxy groups -OCH3 is 1. The SMILES string of the molecule is COc1ccc(CNc2ncccc2Br)cc1N. The second-order valence-corrected chi connectivity index (χ2v) is 4.62. The summed E-state index contributed by atoms with van der Waals surface area (Å²) in [6.45, 7) is 0.657. The molecule has 1 aromatic carbocycles. The Morgan fingerprint density at radius 1 is 1.39 bits per heavy atom. The average Bonchev–Trinajstić information content (AvgIpc) is 2.38. The lowest BCUT2D eigenvalue weighted by Gasteiger charge is -2.09. The maximum Gasteiger partial charge on any atom is 0.141 e. The topological polar surface area (TPSA) is 60.2 Å². The summed E-state index contributed by atoms with van der Waals surface area (Å²) in [7, 11) is 1.61. The van der Waals surface area contributed by atoms with Crippen molar-refractivity contribution in [2.75, 3.05) is 18.2 Å². The molecule has 0 radical (unpaired) electrons. The second kappa shape index (κ2) is 5.73. The molecule has 0 aliphatic heterocycles. The number of pyridine rings is 1. The van der Waals surface area contributed by atoms with Crippen molar-refractivity contribution in [3.05, 3.63) is 46.6 Å². The number of hydrogen-bond donors (Lipinski definition) is 2. The number of nitrogens with zero attached hydrogens (tertiary/aromatic N) is 1. The Bertz CT molecular complexity index is 546. The van der Waals surface area contributed by atoms with Crippen LogP contribution in [0.4, 0.5) is 11.5 Å². The molecule has 4 nitrogen and oxygen atoms in total. The number of hydrogen-bond acceptors (Lipinski definition) is 4. The van der Waals surface area contributed by atoms with Crippen LogP contribution in [0.3, 0.4) is 0 Å². The van der Waals surface area contributed by atoms with Crippen molar-refractivity contribution in [2.45, 2.75) is 6.54 Å². The van der Waals surface area contributed by atoms with Gasteiger partial charge in [0.15, 0.2) is 0 Å². The van der Waals surface area contributed by atoms with Gasteiger partial charge in [-0.1, -0.05) is 6.07 Å². The van der Waals surface area contributed by atoms with Crippen LogP contribution in [0.5, 0.6) is 5.75 Å². The summed E-state index contributed by atoms with van der Waals surface area (Å²) in [5.41, 5.74) is 7.56. The van der Waals surface area contributed by atoms with Gasteiger partial charge in [0.2, 0.25) is 0 Å². The van der Waals surface area contributed by atoms with Crippen molar-refractivity contribution in [1.82, 2.24) is 4.98 Å². The lowest BCUT2D eigenvalue weighted by atomic mass is 10.2. The zero-order valence-corrected chi connectivity index (χ0v) is 11.6. The third-order valence-corrected chi connectivity index (χ3v) is 3.15. The van der Waals surface area contributed by atoms with Crippen LogP contribution in [0, 0.1) is 0 Å². The van der Waals surface area contributed by atoms with Gasteiger partial charge in [-0.05, 0) is 45.8 Å². The molecule has 0 bridgehead atoms. The molecule has 0 unspecified atom stereocenters. The Kier molecular flexibility index (Phi) is 4.04. The van der Waals surface area contributed by atoms with Gasteiger partial charge in [0.25, 0.3) is 0 Å². The first kappa shape index (κ1) is 12.7. The molecule has 0 saturated heterocycles. The molecular formula is C13H14BrN3O. The highest BCUT2D eigenvalue weighted by Gasteiger charge is 2.02. The standard InChI is InChI=1S/C13H14BrN3O/c1-18-12-5-4-9(7-11(12)15)8-17-13-10(14)3-2-6-16-13/h2-7H,8,15H2,1H3,(H,16,17). The number of nitrogens with two attached hydrogens (primary N) is 1. The van der Waals surface area contributed by atoms with Crippen LogP contribution in [-0.2, 0) is 6.54 Å². The number of ether oxygens (including phenoxy) is 1. The molecule has 2 aromatic rings. The summed E-state index contributed by atoms with van der Waals surface area (Å²) >= 11 is 3.44. The first-order valence-electron chi connectivity index (χ1n) is 5.47. The summed E-state index contributed by atoms with van der Waals surface area (Å²) < 4.78 is 6.05. The second-order valence-electron chi connectivity index (χ2n) is 3.76. The molecule has 0 amide bonds. The maximum atomic E-state index is 5.85. The number of rotatable bonds is 4. The van der Waals surface area contributed by atoms with E-state index in [0.29, 0.717) is 18.0 Å². The Labute approximate surface area is 114 Å². The highest BCUT2D eigenvalue weighted by atomic mass is 79.9. The van der Waals surface area contributed by atoms with Crippen LogP contribution < -0.4 is 15.8 Å². The van der Waals surface area contributed by atoms with Gasteiger partial charge in [0.1, 0.15) is 11.6 Å². The van der Waals surface area contributed by atoms with Crippen LogP contribution in [-0.4, -0.2) is 12.1 Å². The third-order valence-electron chi connectivity index (χ3n) is 2.51. The summed E-state index contributed by atoms with van der Waals surface area (Å²) in [6, 6.07) is 9.54. The quantitative estimate of drug-likeness (QED) is 0.852. The van der Waals surface area contributed by atoms with Crippen molar-refractivity contribution < 1.29 is 4.74 Å². The van der Waals surface area contributed by atoms with E-state index in [-0.39, 0.29) is 0 Å². The number of anilines is 2. The van der Waals surface area contributed by atoms with Crippen molar-refractivity contribution >= 4 is 27.4 Å². The Morgan fingerprint density at radius 2 is 2.22 bits per heavy atom. The molecule has 18 heavy (non-hydrogen) atoms. The van der Waals surface area contributed by atoms with E-state index in [1.54, 1.807) is 13.3 Å². The van der Waals surface area contributed by atoms with E-state index in [2.05, 4.69) is 26.2 Å². The predicted octanol–water partition coefficient (Wildman–Crippen LogP) is 3.05. The van der Waals surface area contributed by atoms with Crippen molar-refractivity contribution in [1.29, 1.82) is 0 Å². The van der Waals surface area contributed by atoms with E-state index in [1.807, 2.05) is 30.3 Å². The van der Waals surface area contributed by atoms with Gasteiger partial charge in [0, 0.05) is 12.7 Å². The van der Waals surface area contributed by atoms with Gasteiger partial charge in [-0.25, -0.2) is 4.98 Å². The largest absolute Gasteiger partial charge is 0.495 e. The molecule has 0 aliphatic rings. The number of nitrogen functional groups attached to an aromatic ring is 1. The van der Waals surface area contributed by atoms with Crippen LogP contribution in [0.1, 0.15) is 5.56 Å². The molecule has 3 N–H and O–H groups in total. The van der Waals surface area contributed by atoms with Gasteiger partial charge in [-0.15, -0.1) is 0 Å². The molecule has 0 fully saturated rings. The Hall–Kier alpha value is -1.75. The fraction of sp³-hybridized carbons (Fsp3) is 0.154. The van der Waals surface area contributed by atoms with Crippen LogP contribution in [0.15, 0.2) is 41.0 Å². The molecule has 94 valence electrons. The van der Waals surface area contributed by atoms with E-state index in [0.717, 1.165) is 15.9 Å². The minimum Gasteiger partial charge on any atom is -0.495 e. The van der Waals surface area contributed by atoms with Crippen LogP contribution in [0.25, 0.3) is 0 Å². The van der Waals surface area contributed by atoms with E-state index < -0.39 is 0 Å². The minimum atomic E-state index is 0.636. The lowest BCUT2D eigenvalue weighted by Crippen LogP contribution is -2.03. The van der Waals surface area contributed by atoms with Gasteiger partial charge < -0.3 is 15.8 Å². The van der Waals surface area contributed by atoms with Gasteiger partial charge in [-0.3, -0.25) is 0 Å². The smallest absolute Gasteiger partial charge is 0.141 e. The molecule has 0 aliphatic carbocycles. The van der Waals surface area contributed by atoms with E-state index in [9.17, 15) is 0 Å². The fourth-order valence-electron chi connectivity index (χ4n) is 1.60. The van der Waals surface area contributed by atoms with Crippen LogP contribution in [0.2, 0.25) is 0 Å². The summed E-state index contributed by atoms with van der Waals surface area (Å²) in [5.74, 6) is 1.50. The van der Waals surface area contributed by atoms with Crippen molar-refractivity contribution in [3.63, 3.8) is 0 Å². The third kappa shape index (κ3) is 2.92. The summed E-state index contributed by atoms with van der Waals surface area (Å²) in [5, 5.41) is 3.24. The van der Waals surface area contributed by atoms with Crippen molar-refractivity contribution in [2.24, 2.45) is 0 Å². The zero-order valence-electron chi connectivity index (χ0n) is 9.98.